The van der Waals surface area contributed by atoms with E-state index in [0.29, 0.717) is 11.8 Å². The molecular weight excluding hydrogens is 759 g/mol. The first-order chi connectivity index (χ1) is 30.2. The summed E-state index contributed by atoms with van der Waals surface area (Å²) < 4.78 is 0. The second-order valence-electron chi connectivity index (χ2n) is 23.8. The fraction of sp³-hybridized carbons (Fsp3) is 0.419. The third-order valence-electron chi connectivity index (χ3n) is 18.3. The number of anilines is 3. The van der Waals surface area contributed by atoms with E-state index in [0.717, 1.165) is 11.8 Å². The fourth-order valence-corrected chi connectivity index (χ4v) is 15.3. The minimum Gasteiger partial charge on any atom is -0.310 e. The molecule has 0 radical (unpaired) electrons. The van der Waals surface area contributed by atoms with Gasteiger partial charge in [-0.15, -0.1) is 0 Å². The van der Waals surface area contributed by atoms with Crippen molar-refractivity contribution in [3.05, 3.63) is 161 Å². The molecule has 0 aromatic heterocycles. The van der Waals surface area contributed by atoms with Crippen molar-refractivity contribution in [3.8, 4) is 33.4 Å². The van der Waals surface area contributed by atoms with Crippen molar-refractivity contribution in [2.75, 3.05) is 4.90 Å². The van der Waals surface area contributed by atoms with Gasteiger partial charge in [-0.25, -0.2) is 0 Å². The maximum absolute atomic E-state index is 2.66. The highest BCUT2D eigenvalue weighted by atomic mass is 15.1. The average molecular weight is 826 g/mol. The Morgan fingerprint density at radius 2 is 0.778 bits per heavy atom. The molecule has 1 spiro atoms. The number of fused-ring (bicyclic) bond motifs is 5. The van der Waals surface area contributed by atoms with Crippen LogP contribution in [0.3, 0.4) is 0 Å². The fourth-order valence-electron chi connectivity index (χ4n) is 15.3. The summed E-state index contributed by atoms with van der Waals surface area (Å²) in [4.78, 5) is 2.66. The van der Waals surface area contributed by atoms with Crippen LogP contribution in [-0.2, 0) is 27.1 Å². The third-order valence-corrected chi connectivity index (χ3v) is 18.3. The van der Waals surface area contributed by atoms with E-state index in [2.05, 4.69) is 188 Å². The molecule has 63 heavy (non-hydrogen) atoms. The van der Waals surface area contributed by atoms with Gasteiger partial charge in [-0.1, -0.05) is 152 Å². The van der Waals surface area contributed by atoms with Gasteiger partial charge < -0.3 is 4.90 Å². The van der Waals surface area contributed by atoms with Crippen molar-refractivity contribution >= 4 is 17.1 Å². The van der Waals surface area contributed by atoms with E-state index in [1.807, 2.05) is 0 Å². The Morgan fingerprint density at radius 3 is 1.29 bits per heavy atom. The summed E-state index contributed by atoms with van der Waals surface area (Å²) in [5.74, 6) is 3.18. The molecule has 13 rings (SSSR count). The summed E-state index contributed by atoms with van der Waals surface area (Å²) >= 11 is 0. The van der Waals surface area contributed by atoms with Crippen molar-refractivity contribution < 1.29 is 0 Å². The molecule has 0 saturated heterocycles. The van der Waals surface area contributed by atoms with Crippen molar-refractivity contribution in [1.29, 1.82) is 0 Å². The van der Waals surface area contributed by atoms with Gasteiger partial charge in [0, 0.05) is 16.8 Å². The maximum atomic E-state index is 2.66. The zero-order chi connectivity index (χ0) is 43.3. The molecule has 4 fully saturated rings. The molecule has 7 aliphatic rings. The molecule has 320 valence electrons. The highest BCUT2D eigenvalue weighted by Gasteiger charge is 2.62. The van der Waals surface area contributed by atoms with E-state index in [1.165, 1.54) is 119 Å². The molecular formula is C62H67N. The van der Waals surface area contributed by atoms with Crippen LogP contribution < -0.4 is 4.90 Å². The summed E-state index contributed by atoms with van der Waals surface area (Å²) in [5.41, 5.74) is 22.2. The third kappa shape index (κ3) is 5.72. The predicted molar refractivity (Wildman–Crippen MR) is 266 cm³/mol. The normalized spacial score (nSPS) is 27.0. The predicted octanol–water partition coefficient (Wildman–Crippen LogP) is 16.9. The zero-order valence-corrected chi connectivity index (χ0v) is 39.2. The molecule has 0 aliphatic heterocycles. The van der Waals surface area contributed by atoms with Crippen LogP contribution in [0.5, 0.6) is 0 Å². The molecule has 0 amide bonds. The average Bonchev–Trinajstić information content (AvgIpc) is 3.57. The van der Waals surface area contributed by atoms with Gasteiger partial charge in [0.15, 0.2) is 0 Å². The van der Waals surface area contributed by atoms with Crippen LogP contribution in [0.2, 0.25) is 0 Å². The SMILES string of the molecule is CC1(C)CCC(C)(C)c2c(-c3ccc(N(c4ccc(-c5cccc6c5C(C)(C)CCC6(C)C)cc4)c4cccc5c4C4(c6ccccc6-5)C5CC6CC(C5)CC4C6)cc3)cccc21. The molecule has 0 N–H and O–H groups in total. The number of rotatable bonds is 5. The van der Waals surface area contributed by atoms with Gasteiger partial charge in [-0.2, -0.15) is 0 Å². The van der Waals surface area contributed by atoms with Gasteiger partial charge in [-0.3, -0.25) is 0 Å². The largest absolute Gasteiger partial charge is 0.310 e. The molecule has 1 nitrogen and oxygen atoms in total. The highest BCUT2D eigenvalue weighted by molar-refractivity contribution is 5.92. The van der Waals surface area contributed by atoms with Crippen LogP contribution in [0, 0.1) is 23.7 Å². The highest BCUT2D eigenvalue weighted by Crippen LogP contribution is 2.71. The minimum absolute atomic E-state index is 0.0526. The Morgan fingerprint density at radius 1 is 0.365 bits per heavy atom. The Hall–Kier alpha value is -4.88. The smallest absolute Gasteiger partial charge is 0.0509 e. The maximum Gasteiger partial charge on any atom is 0.0509 e. The Labute approximate surface area is 378 Å². The number of benzene rings is 6. The first-order valence-corrected chi connectivity index (χ1v) is 24.7. The molecule has 0 unspecified atom stereocenters. The quantitative estimate of drug-likeness (QED) is 0.167. The van der Waals surface area contributed by atoms with Gasteiger partial charge >= 0.3 is 0 Å². The van der Waals surface area contributed by atoms with E-state index in [4.69, 9.17) is 0 Å². The molecule has 4 bridgehead atoms. The molecule has 0 atom stereocenters. The van der Waals surface area contributed by atoms with Crippen molar-refractivity contribution in [3.63, 3.8) is 0 Å². The molecule has 1 heteroatoms. The second-order valence-corrected chi connectivity index (χ2v) is 23.8. The lowest BCUT2D eigenvalue weighted by atomic mass is 9.43. The first kappa shape index (κ1) is 39.7. The Balaban J connectivity index is 1.04. The van der Waals surface area contributed by atoms with Gasteiger partial charge in [0.05, 0.1) is 5.69 Å². The Kier molecular flexibility index (Phi) is 8.55. The van der Waals surface area contributed by atoms with Gasteiger partial charge in [0.25, 0.3) is 0 Å². The van der Waals surface area contributed by atoms with Crippen molar-refractivity contribution in [1.82, 2.24) is 0 Å². The number of nitrogens with zero attached hydrogens (tertiary/aromatic N) is 1. The van der Waals surface area contributed by atoms with Crippen LogP contribution in [-0.4, -0.2) is 0 Å². The zero-order valence-electron chi connectivity index (χ0n) is 39.2. The van der Waals surface area contributed by atoms with E-state index in [-0.39, 0.29) is 27.1 Å². The molecule has 7 aliphatic carbocycles. The van der Waals surface area contributed by atoms with E-state index >= 15 is 0 Å². The topological polar surface area (TPSA) is 3.24 Å². The standard InChI is InChI=1S/C62H67N/c1-58(2)30-32-60(5,6)55-47(15-11-19-52(55)58)41-22-26-45(27-23-41)63(46-28-24-42(25-29-46)48-16-12-20-53-56(48)61(7,8)33-31-59(53,3)4)54-21-13-17-50-49-14-9-10-18-51(49)62(57(50)54)43-35-39-34-40(37-43)38-44(62)36-39/h9-29,39-40,43-44H,30-38H2,1-8H3. The lowest BCUT2D eigenvalue weighted by Gasteiger charge is -2.61. The molecule has 6 aromatic carbocycles. The first-order valence-electron chi connectivity index (χ1n) is 24.7. The number of hydrogen-bond acceptors (Lipinski definition) is 1. The van der Waals surface area contributed by atoms with E-state index < -0.39 is 0 Å². The summed E-state index contributed by atoms with van der Waals surface area (Å²) in [7, 11) is 0. The van der Waals surface area contributed by atoms with Crippen LogP contribution in [0.25, 0.3) is 33.4 Å². The minimum atomic E-state index is 0.0526. The van der Waals surface area contributed by atoms with Crippen LogP contribution in [0.15, 0.2) is 127 Å². The van der Waals surface area contributed by atoms with Gasteiger partial charge in [-0.05, 0) is 200 Å². The Bertz CT molecular complexity index is 2640. The molecule has 4 saturated carbocycles. The van der Waals surface area contributed by atoms with Gasteiger partial charge in [0.2, 0.25) is 0 Å². The summed E-state index contributed by atoms with van der Waals surface area (Å²) in [6, 6.07) is 50.6. The molecule has 6 aromatic rings. The lowest BCUT2D eigenvalue weighted by Crippen LogP contribution is -2.55. The van der Waals surface area contributed by atoms with Gasteiger partial charge in [0.1, 0.15) is 0 Å². The summed E-state index contributed by atoms with van der Waals surface area (Å²) in [6.45, 7) is 19.6. The van der Waals surface area contributed by atoms with Crippen molar-refractivity contribution in [2.24, 2.45) is 23.7 Å². The van der Waals surface area contributed by atoms with Crippen LogP contribution in [0.4, 0.5) is 17.1 Å². The lowest BCUT2D eigenvalue weighted by molar-refractivity contribution is -0.0397. The number of hydrogen-bond donors (Lipinski definition) is 0. The summed E-state index contributed by atoms with van der Waals surface area (Å²) in [6.07, 6.45) is 11.8. The van der Waals surface area contributed by atoms with E-state index in [9.17, 15) is 0 Å². The van der Waals surface area contributed by atoms with E-state index in [1.54, 1.807) is 22.3 Å². The van der Waals surface area contributed by atoms with Crippen molar-refractivity contribution in [2.45, 2.75) is 140 Å². The monoisotopic (exact) mass is 826 g/mol. The molecule has 0 heterocycles. The van der Waals surface area contributed by atoms with Crippen LogP contribution >= 0.6 is 0 Å². The van der Waals surface area contributed by atoms with Crippen LogP contribution in [0.1, 0.15) is 147 Å². The second kappa shape index (κ2) is 13.6. The summed E-state index contributed by atoms with van der Waals surface area (Å²) in [5, 5.41) is 0.